The number of hydrogen-bond donors (Lipinski definition) is 2. The van der Waals surface area contributed by atoms with Gasteiger partial charge in [0.1, 0.15) is 0 Å². The van der Waals surface area contributed by atoms with Crippen LogP contribution in [0.4, 0.5) is 11.4 Å². The fourth-order valence-electron chi connectivity index (χ4n) is 2.17. The number of amides is 1. The SMILES string of the molecule is CC(=O)Nc1ccc(NS(=O)(=O)CCCc2ccccc2)cc1. The summed E-state index contributed by atoms with van der Waals surface area (Å²) in [6.07, 6.45) is 1.28. The molecule has 0 bridgehead atoms. The Morgan fingerprint density at radius 3 is 2.17 bits per heavy atom. The van der Waals surface area contributed by atoms with Gasteiger partial charge in [0, 0.05) is 18.3 Å². The number of carbonyl (C=O) groups is 1. The summed E-state index contributed by atoms with van der Waals surface area (Å²) in [5.41, 5.74) is 2.24. The zero-order valence-electron chi connectivity index (χ0n) is 13.0. The molecule has 122 valence electrons. The first-order valence-corrected chi connectivity index (χ1v) is 9.02. The van der Waals surface area contributed by atoms with Crippen molar-refractivity contribution < 1.29 is 13.2 Å². The smallest absolute Gasteiger partial charge is 0.232 e. The molecule has 2 aromatic rings. The zero-order valence-corrected chi connectivity index (χ0v) is 13.8. The topological polar surface area (TPSA) is 75.3 Å². The molecule has 0 aliphatic carbocycles. The van der Waals surface area contributed by atoms with Gasteiger partial charge < -0.3 is 5.32 Å². The van der Waals surface area contributed by atoms with E-state index >= 15 is 0 Å². The van der Waals surface area contributed by atoms with E-state index in [4.69, 9.17) is 0 Å². The molecule has 0 unspecified atom stereocenters. The van der Waals surface area contributed by atoms with Gasteiger partial charge in [-0.05, 0) is 42.7 Å². The fourth-order valence-corrected chi connectivity index (χ4v) is 3.29. The van der Waals surface area contributed by atoms with Gasteiger partial charge in [0.2, 0.25) is 15.9 Å². The maximum atomic E-state index is 12.1. The second-order valence-electron chi connectivity index (χ2n) is 5.27. The third-order valence-electron chi connectivity index (χ3n) is 3.20. The lowest BCUT2D eigenvalue weighted by atomic mass is 10.1. The highest BCUT2D eigenvalue weighted by molar-refractivity contribution is 7.92. The average Bonchev–Trinajstić information content (AvgIpc) is 2.49. The number of sulfonamides is 1. The lowest BCUT2D eigenvalue weighted by Crippen LogP contribution is -2.17. The standard InChI is InChI=1S/C17H20N2O3S/c1-14(20)18-16-9-11-17(12-10-16)19-23(21,22)13-5-8-15-6-3-2-4-7-15/h2-4,6-7,9-12,19H,5,8,13H2,1H3,(H,18,20). The number of carbonyl (C=O) groups excluding carboxylic acids is 1. The summed E-state index contributed by atoms with van der Waals surface area (Å²) in [6, 6.07) is 16.4. The van der Waals surface area contributed by atoms with Crippen LogP contribution in [-0.4, -0.2) is 20.1 Å². The maximum Gasteiger partial charge on any atom is 0.232 e. The molecular formula is C17H20N2O3S. The summed E-state index contributed by atoms with van der Waals surface area (Å²) in [5.74, 6) is -0.103. The predicted molar refractivity (Wildman–Crippen MR) is 92.9 cm³/mol. The molecule has 2 N–H and O–H groups in total. The van der Waals surface area contributed by atoms with Crippen LogP contribution in [0.1, 0.15) is 18.9 Å². The van der Waals surface area contributed by atoms with Crippen LogP contribution in [0.5, 0.6) is 0 Å². The minimum Gasteiger partial charge on any atom is -0.326 e. The van der Waals surface area contributed by atoms with Gasteiger partial charge in [-0.1, -0.05) is 30.3 Å². The molecule has 0 atom stereocenters. The van der Waals surface area contributed by atoms with E-state index in [-0.39, 0.29) is 11.7 Å². The summed E-state index contributed by atoms with van der Waals surface area (Å²) in [5, 5.41) is 2.63. The molecule has 6 heteroatoms. The van der Waals surface area contributed by atoms with Crippen molar-refractivity contribution in [3.63, 3.8) is 0 Å². The Bertz CT molecular complexity index is 741. The molecule has 0 aliphatic heterocycles. The van der Waals surface area contributed by atoms with Gasteiger partial charge in [0.05, 0.1) is 5.75 Å². The molecule has 1 amide bonds. The van der Waals surface area contributed by atoms with Crippen molar-refractivity contribution in [1.82, 2.24) is 0 Å². The van der Waals surface area contributed by atoms with Crippen LogP contribution in [0.3, 0.4) is 0 Å². The van der Waals surface area contributed by atoms with Gasteiger partial charge >= 0.3 is 0 Å². The number of hydrogen-bond acceptors (Lipinski definition) is 3. The van der Waals surface area contributed by atoms with Crippen molar-refractivity contribution in [2.45, 2.75) is 19.8 Å². The van der Waals surface area contributed by atoms with E-state index in [2.05, 4.69) is 10.0 Å². The van der Waals surface area contributed by atoms with Gasteiger partial charge in [0.15, 0.2) is 0 Å². The lowest BCUT2D eigenvalue weighted by Gasteiger charge is -2.09. The molecule has 23 heavy (non-hydrogen) atoms. The zero-order chi connectivity index (χ0) is 16.7. The molecule has 2 rings (SSSR count). The molecule has 0 radical (unpaired) electrons. The number of anilines is 2. The minimum atomic E-state index is -3.38. The second kappa shape index (κ2) is 7.78. The van der Waals surface area contributed by atoms with Crippen molar-refractivity contribution in [2.75, 3.05) is 15.8 Å². The molecule has 2 aromatic carbocycles. The van der Waals surface area contributed by atoms with Crippen molar-refractivity contribution in [2.24, 2.45) is 0 Å². The lowest BCUT2D eigenvalue weighted by molar-refractivity contribution is -0.114. The van der Waals surface area contributed by atoms with Gasteiger partial charge in [-0.25, -0.2) is 8.42 Å². The summed E-state index contributed by atoms with van der Waals surface area (Å²) >= 11 is 0. The highest BCUT2D eigenvalue weighted by Gasteiger charge is 2.10. The molecule has 0 spiro atoms. The van der Waals surface area contributed by atoms with E-state index in [1.807, 2.05) is 30.3 Å². The first kappa shape index (κ1) is 17.0. The van der Waals surface area contributed by atoms with Crippen molar-refractivity contribution in [3.05, 3.63) is 60.2 Å². The predicted octanol–water partition coefficient (Wildman–Crippen LogP) is 3.02. The largest absolute Gasteiger partial charge is 0.326 e. The van der Waals surface area contributed by atoms with Gasteiger partial charge in [-0.15, -0.1) is 0 Å². The van der Waals surface area contributed by atoms with Gasteiger partial charge in [-0.2, -0.15) is 0 Å². The van der Waals surface area contributed by atoms with E-state index in [1.165, 1.54) is 6.92 Å². The van der Waals surface area contributed by atoms with Crippen LogP contribution >= 0.6 is 0 Å². The monoisotopic (exact) mass is 332 g/mol. The Hall–Kier alpha value is -2.34. The van der Waals surface area contributed by atoms with E-state index in [9.17, 15) is 13.2 Å². The van der Waals surface area contributed by atoms with Gasteiger partial charge in [0.25, 0.3) is 0 Å². The first-order chi connectivity index (χ1) is 10.9. The van der Waals surface area contributed by atoms with E-state index in [1.54, 1.807) is 24.3 Å². The Kier molecular flexibility index (Phi) is 5.76. The Labute approximate surface area is 136 Å². The summed E-state index contributed by atoms with van der Waals surface area (Å²) < 4.78 is 26.7. The normalized spacial score (nSPS) is 11.0. The van der Waals surface area contributed by atoms with Gasteiger partial charge in [-0.3, -0.25) is 9.52 Å². The van der Waals surface area contributed by atoms with Crippen LogP contribution in [0.2, 0.25) is 0 Å². The number of benzene rings is 2. The van der Waals surface area contributed by atoms with E-state index in [0.717, 1.165) is 12.0 Å². The number of aryl methyl sites for hydroxylation is 1. The maximum absolute atomic E-state index is 12.1. The first-order valence-electron chi connectivity index (χ1n) is 7.37. The molecule has 0 saturated heterocycles. The molecule has 0 saturated carbocycles. The molecular weight excluding hydrogens is 312 g/mol. The average molecular weight is 332 g/mol. The number of rotatable bonds is 7. The van der Waals surface area contributed by atoms with Crippen LogP contribution in [-0.2, 0) is 21.2 Å². The third-order valence-corrected chi connectivity index (χ3v) is 4.57. The van der Waals surface area contributed by atoms with E-state index in [0.29, 0.717) is 17.8 Å². The Morgan fingerprint density at radius 2 is 1.57 bits per heavy atom. The van der Waals surface area contributed by atoms with Crippen molar-refractivity contribution >= 4 is 27.3 Å². The summed E-state index contributed by atoms with van der Waals surface area (Å²) in [6.45, 7) is 1.42. The summed E-state index contributed by atoms with van der Waals surface area (Å²) in [4.78, 5) is 10.9. The second-order valence-corrected chi connectivity index (χ2v) is 7.11. The molecule has 0 aliphatic rings. The minimum absolute atomic E-state index is 0.0648. The summed E-state index contributed by atoms with van der Waals surface area (Å²) in [7, 11) is -3.38. The Morgan fingerprint density at radius 1 is 0.957 bits per heavy atom. The van der Waals surface area contributed by atoms with Crippen LogP contribution in [0.25, 0.3) is 0 Å². The molecule has 5 nitrogen and oxygen atoms in total. The number of nitrogens with one attached hydrogen (secondary N) is 2. The highest BCUT2D eigenvalue weighted by Crippen LogP contribution is 2.15. The van der Waals surface area contributed by atoms with Crippen molar-refractivity contribution in [1.29, 1.82) is 0 Å². The van der Waals surface area contributed by atoms with Crippen LogP contribution in [0, 0.1) is 0 Å². The van der Waals surface area contributed by atoms with E-state index < -0.39 is 10.0 Å². The van der Waals surface area contributed by atoms with Crippen molar-refractivity contribution in [3.8, 4) is 0 Å². The van der Waals surface area contributed by atoms with Crippen LogP contribution in [0.15, 0.2) is 54.6 Å². The van der Waals surface area contributed by atoms with Crippen LogP contribution < -0.4 is 10.0 Å². The molecule has 0 heterocycles. The molecule has 0 fully saturated rings. The highest BCUT2D eigenvalue weighted by atomic mass is 32.2. The third kappa shape index (κ3) is 6.12. The molecule has 0 aromatic heterocycles. The fraction of sp³-hybridized carbons (Fsp3) is 0.235. The Balaban J connectivity index is 1.86. The quantitative estimate of drug-likeness (QED) is 0.818.